The molecule has 2 nitrogen and oxygen atoms in total. The molecule has 0 radical (unpaired) electrons. The molecule has 0 aromatic heterocycles. The molecule has 0 saturated heterocycles. The summed E-state index contributed by atoms with van der Waals surface area (Å²) in [6, 6.07) is 8.37. The van der Waals surface area contributed by atoms with E-state index in [9.17, 15) is 4.79 Å². The molecule has 2 fully saturated rings. The van der Waals surface area contributed by atoms with Crippen LogP contribution in [0.1, 0.15) is 43.6 Å². The molecule has 96 valence electrons. The largest absolute Gasteiger partial charge is 0.497 e. The fraction of sp³-hybridized carbons (Fsp3) is 0.562. The van der Waals surface area contributed by atoms with Gasteiger partial charge in [0.2, 0.25) is 0 Å². The topological polar surface area (TPSA) is 26.3 Å². The normalized spacial score (nSPS) is 31.2. The zero-order chi connectivity index (χ0) is 12.5. The monoisotopic (exact) mass is 244 g/mol. The Morgan fingerprint density at radius 1 is 1.17 bits per heavy atom. The number of ether oxygens (including phenoxy) is 1. The summed E-state index contributed by atoms with van der Waals surface area (Å²) in [4.78, 5) is 11.9. The van der Waals surface area contributed by atoms with Crippen molar-refractivity contribution < 1.29 is 9.53 Å². The molecule has 2 aliphatic rings. The first-order valence-electron chi connectivity index (χ1n) is 6.94. The van der Waals surface area contributed by atoms with Gasteiger partial charge in [-0.05, 0) is 55.2 Å². The molecule has 0 aliphatic heterocycles. The molecule has 2 saturated carbocycles. The van der Waals surface area contributed by atoms with Crippen LogP contribution >= 0.6 is 0 Å². The number of carbonyl (C=O) groups excluding carboxylic acids is 1. The Labute approximate surface area is 108 Å². The number of fused-ring (bicyclic) bond motifs is 1. The second-order valence-corrected chi connectivity index (χ2v) is 5.67. The van der Waals surface area contributed by atoms with Gasteiger partial charge < -0.3 is 4.74 Å². The molecular weight excluding hydrogens is 224 g/mol. The summed E-state index contributed by atoms with van der Waals surface area (Å²) in [7, 11) is 1.69. The number of carbonyl (C=O) groups is 1. The SMILES string of the molecule is COc1ccc([C@H]2C[C@H]3CCCC(=O)[C@@H]3C2)cc1. The zero-order valence-corrected chi connectivity index (χ0v) is 10.9. The number of hydrogen-bond acceptors (Lipinski definition) is 2. The van der Waals surface area contributed by atoms with E-state index >= 15 is 0 Å². The van der Waals surface area contributed by atoms with Crippen LogP contribution in [-0.4, -0.2) is 12.9 Å². The lowest BCUT2D eigenvalue weighted by Crippen LogP contribution is -2.23. The molecule has 0 N–H and O–H groups in total. The highest BCUT2D eigenvalue weighted by Crippen LogP contribution is 2.47. The van der Waals surface area contributed by atoms with Crippen molar-refractivity contribution in [1.29, 1.82) is 0 Å². The van der Waals surface area contributed by atoms with Crippen molar-refractivity contribution >= 4 is 5.78 Å². The van der Waals surface area contributed by atoms with Gasteiger partial charge in [-0.15, -0.1) is 0 Å². The second-order valence-electron chi connectivity index (χ2n) is 5.67. The summed E-state index contributed by atoms with van der Waals surface area (Å²) in [6.07, 6.45) is 5.44. The van der Waals surface area contributed by atoms with Crippen LogP contribution in [0.15, 0.2) is 24.3 Å². The van der Waals surface area contributed by atoms with Crippen LogP contribution in [0, 0.1) is 11.8 Å². The third-order valence-corrected chi connectivity index (χ3v) is 4.69. The Kier molecular flexibility index (Phi) is 3.11. The Bertz CT molecular complexity index is 435. The Balaban J connectivity index is 1.76. The van der Waals surface area contributed by atoms with E-state index in [-0.39, 0.29) is 0 Å². The molecule has 3 rings (SSSR count). The van der Waals surface area contributed by atoms with Crippen LogP contribution in [0.3, 0.4) is 0 Å². The first-order valence-corrected chi connectivity index (χ1v) is 6.94. The Hall–Kier alpha value is -1.31. The number of hydrogen-bond donors (Lipinski definition) is 0. The summed E-state index contributed by atoms with van der Waals surface area (Å²) in [6.45, 7) is 0. The molecule has 0 unspecified atom stereocenters. The minimum Gasteiger partial charge on any atom is -0.497 e. The van der Waals surface area contributed by atoms with Crippen molar-refractivity contribution in [2.45, 2.75) is 38.0 Å². The third-order valence-electron chi connectivity index (χ3n) is 4.69. The average molecular weight is 244 g/mol. The van der Waals surface area contributed by atoms with Crippen LogP contribution in [0.2, 0.25) is 0 Å². The van der Waals surface area contributed by atoms with Gasteiger partial charge in [-0.2, -0.15) is 0 Å². The Morgan fingerprint density at radius 2 is 1.94 bits per heavy atom. The molecule has 1 aromatic carbocycles. The molecule has 0 heterocycles. The fourth-order valence-corrected chi connectivity index (χ4v) is 3.71. The molecule has 0 amide bonds. The predicted molar refractivity (Wildman–Crippen MR) is 70.8 cm³/mol. The van der Waals surface area contributed by atoms with E-state index < -0.39 is 0 Å². The molecule has 1 aromatic rings. The Morgan fingerprint density at radius 3 is 2.61 bits per heavy atom. The second kappa shape index (κ2) is 4.75. The number of methoxy groups -OCH3 is 1. The van der Waals surface area contributed by atoms with Crippen molar-refractivity contribution in [3.63, 3.8) is 0 Å². The van der Waals surface area contributed by atoms with E-state index in [1.807, 2.05) is 12.1 Å². The zero-order valence-electron chi connectivity index (χ0n) is 10.9. The van der Waals surface area contributed by atoms with Gasteiger partial charge in [0.25, 0.3) is 0 Å². The molecule has 2 heteroatoms. The summed E-state index contributed by atoms with van der Waals surface area (Å²) in [5, 5.41) is 0. The summed E-state index contributed by atoms with van der Waals surface area (Å²) >= 11 is 0. The fourth-order valence-electron chi connectivity index (χ4n) is 3.71. The average Bonchev–Trinajstić information content (AvgIpc) is 2.84. The quantitative estimate of drug-likeness (QED) is 0.795. The van der Waals surface area contributed by atoms with Crippen LogP contribution < -0.4 is 4.74 Å². The number of benzene rings is 1. The summed E-state index contributed by atoms with van der Waals surface area (Å²) in [5.74, 6) is 3.00. The van der Waals surface area contributed by atoms with E-state index in [0.29, 0.717) is 23.5 Å². The van der Waals surface area contributed by atoms with Crippen LogP contribution in [-0.2, 0) is 4.79 Å². The highest BCUT2D eigenvalue weighted by Gasteiger charge is 2.40. The van der Waals surface area contributed by atoms with E-state index in [4.69, 9.17) is 4.74 Å². The van der Waals surface area contributed by atoms with Gasteiger partial charge in [-0.1, -0.05) is 12.1 Å². The minimum absolute atomic E-state index is 0.353. The van der Waals surface area contributed by atoms with Crippen molar-refractivity contribution in [3.05, 3.63) is 29.8 Å². The standard InChI is InChI=1S/C16H20O2/c1-18-14-7-5-11(6-8-14)13-9-12-3-2-4-16(17)15(12)10-13/h5-8,12-13,15H,2-4,9-10H2,1H3/t12-,13+,15-/m1/s1. The number of ketones is 1. The maximum Gasteiger partial charge on any atom is 0.136 e. The van der Waals surface area contributed by atoms with Gasteiger partial charge in [-0.3, -0.25) is 4.79 Å². The molecule has 0 spiro atoms. The van der Waals surface area contributed by atoms with Crippen molar-refractivity contribution in [2.24, 2.45) is 11.8 Å². The highest BCUT2D eigenvalue weighted by molar-refractivity contribution is 5.82. The third kappa shape index (κ3) is 2.05. The lowest BCUT2D eigenvalue weighted by molar-refractivity contribution is -0.125. The van der Waals surface area contributed by atoms with E-state index in [1.54, 1.807) is 7.11 Å². The van der Waals surface area contributed by atoms with Crippen LogP contribution in [0.5, 0.6) is 5.75 Å². The lowest BCUT2D eigenvalue weighted by Gasteiger charge is -2.22. The van der Waals surface area contributed by atoms with Crippen LogP contribution in [0.25, 0.3) is 0 Å². The van der Waals surface area contributed by atoms with E-state index in [1.165, 1.54) is 18.4 Å². The van der Waals surface area contributed by atoms with E-state index in [0.717, 1.165) is 25.0 Å². The van der Waals surface area contributed by atoms with Gasteiger partial charge >= 0.3 is 0 Å². The van der Waals surface area contributed by atoms with Crippen molar-refractivity contribution in [1.82, 2.24) is 0 Å². The maximum absolute atomic E-state index is 11.9. The van der Waals surface area contributed by atoms with Gasteiger partial charge in [-0.25, -0.2) is 0 Å². The number of Topliss-reactive ketones (excluding diaryl/α,β-unsaturated/α-hetero) is 1. The van der Waals surface area contributed by atoms with Gasteiger partial charge in [0.15, 0.2) is 0 Å². The maximum atomic E-state index is 11.9. The van der Waals surface area contributed by atoms with Crippen molar-refractivity contribution in [2.75, 3.05) is 7.11 Å². The van der Waals surface area contributed by atoms with Crippen LogP contribution in [0.4, 0.5) is 0 Å². The van der Waals surface area contributed by atoms with Gasteiger partial charge in [0, 0.05) is 12.3 Å². The molecule has 3 atom stereocenters. The first kappa shape index (κ1) is 11.8. The minimum atomic E-state index is 0.353. The highest BCUT2D eigenvalue weighted by atomic mass is 16.5. The first-order chi connectivity index (χ1) is 8.78. The van der Waals surface area contributed by atoms with Gasteiger partial charge in [0.05, 0.1) is 7.11 Å². The summed E-state index contributed by atoms with van der Waals surface area (Å²) < 4.78 is 5.19. The molecular formula is C16H20O2. The van der Waals surface area contributed by atoms with E-state index in [2.05, 4.69) is 12.1 Å². The van der Waals surface area contributed by atoms with Gasteiger partial charge in [0.1, 0.15) is 11.5 Å². The molecule has 2 aliphatic carbocycles. The number of rotatable bonds is 2. The smallest absolute Gasteiger partial charge is 0.136 e. The lowest BCUT2D eigenvalue weighted by atomic mass is 9.81. The summed E-state index contributed by atoms with van der Waals surface area (Å²) in [5.41, 5.74) is 1.37. The molecule has 0 bridgehead atoms. The van der Waals surface area contributed by atoms with Crippen molar-refractivity contribution in [3.8, 4) is 5.75 Å². The molecule has 18 heavy (non-hydrogen) atoms. The predicted octanol–water partition coefficient (Wildman–Crippen LogP) is 3.56.